The van der Waals surface area contributed by atoms with Crippen LogP contribution in [0.4, 0.5) is 0 Å². The van der Waals surface area contributed by atoms with Crippen LogP contribution in [0.15, 0.2) is 0 Å². The van der Waals surface area contributed by atoms with Crippen LogP contribution < -0.4 is 0 Å². The smallest absolute Gasteiger partial charge is 0.340 e. The van der Waals surface area contributed by atoms with Crippen molar-refractivity contribution in [2.45, 2.75) is 86.2 Å². The second kappa shape index (κ2) is 8.12. The minimum absolute atomic E-state index is 0.370. The van der Waals surface area contributed by atoms with Gasteiger partial charge in [-0.2, -0.15) is 0 Å². The fourth-order valence-corrected chi connectivity index (χ4v) is 7.62. The first-order valence-corrected chi connectivity index (χ1v) is 10.6. The van der Waals surface area contributed by atoms with E-state index in [1.54, 1.807) is 0 Å². The molecule has 0 aromatic heterocycles. The molecular weight excluding hydrogens is 276 g/mol. The summed E-state index contributed by atoms with van der Waals surface area (Å²) in [6.07, 6.45) is 3.62. The summed E-state index contributed by atoms with van der Waals surface area (Å²) in [4.78, 5) is 0. The Balaban J connectivity index is 4.82. The van der Waals surface area contributed by atoms with Gasteiger partial charge in [-0.25, -0.2) is 0 Å². The van der Waals surface area contributed by atoms with E-state index in [9.17, 15) is 0 Å². The van der Waals surface area contributed by atoms with Gasteiger partial charge in [0.2, 0.25) is 0 Å². The van der Waals surface area contributed by atoms with Gasteiger partial charge in [0.25, 0.3) is 0 Å². The third kappa shape index (κ3) is 7.29. The van der Waals surface area contributed by atoms with Gasteiger partial charge in [0, 0.05) is 14.2 Å². The van der Waals surface area contributed by atoms with Gasteiger partial charge in [-0.15, -0.1) is 0 Å². The first-order valence-electron chi connectivity index (χ1n) is 8.51. The van der Waals surface area contributed by atoms with Crippen molar-refractivity contribution < 1.29 is 8.85 Å². The number of hydrogen-bond acceptors (Lipinski definition) is 2. The van der Waals surface area contributed by atoms with Crippen LogP contribution in [0.5, 0.6) is 0 Å². The van der Waals surface area contributed by atoms with E-state index in [1.165, 1.54) is 12.8 Å². The van der Waals surface area contributed by atoms with Crippen LogP contribution in [0.2, 0.25) is 11.6 Å². The molecule has 0 aliphatic rings. The summed E-state index contributed by atoms with van der Waals surface area (Å²) in [5.74, 6) is 0.642. The van der Waals surface area contributed by atoms with Crippen molar-refractivity contribution in [3.63, 3.8) is 0 Å². The van der Waals surface area contributed by atoms with E-state index in [2.05, 4.69) is 55.4 Å². The molecule has 3 heteroatoms. The monoisotopic (exact) mass is 316 g/mol. The third-order valence-corrected chi connectivity index (χ3v) is 9.16. The van der Waals surface area contributed by atoms with Crippen molar-refractivity contribution in [3.05, 3.63) is 0 Å². The lowest BCUT2D eigenvalue weighted by molar-refractivity contribution is 0.169. The fourth-order valence-electron chi connectivity index (χ4n) is 4.17. The predicted octanol–water partition coefficient (Wildman–Crippen LogP) is 6.01. The van der Waals surface area contributed by atoms with Crippen LogP contribution in [0, 0.1) is 16.7 Å². The van der Waals surface area contributed by atoms with Gasteiger partial charge < -0.3 is 8.85 Å². The summed E-state index contributed by atoms with van der Waals surface area (Å²) in [6.45, 7) is 18.7. The Kier molecular flexibility index (Phi) is 8.17. The summed E-state index contributed by atoms with van der Waals surface area (Å²) in [5.41, 5.74) is 1.30. The van der Waals surface area contributed by atoms with E-state index in [-0.39, 0.29) is 0 Å². The van der Waals surface area contributed by atoms with E-state index in [1.807, 2.05) is 14.2 Å². The molecule has 21 heavy (non-hydrogen) atoms. The predicted molar refractivity (Wildman–Crippen MR) is 95.9 cm³/mol. The molecule has 0 aromatic carbocycles. The van der Waals surface area contributed by atoms with Gasteiger partial charge in [0.1, 0.15) is 0 Å². The van der Waals surface area contributed by atoms with Gasteiger partial charge in [0.15, 0.2) is 0 Å². The lowest BCUT2D eigenvalue weighted by Crippen LogP contribution is -2.45. The van der Waals surface area contributed by atoms with Crippen LogP contribution in [-0.2, 0) is 8.85 Å². The average molecular weight is 317 g/mol. The maximum Gasteiger partial charge on any atom is 0.340 e. The highest BCUT2D eigenvalue weighted by Gasteiger charge is 2.43. The van der Waals surface area contributed by atoms with Crippen molar-refractivity contribution in [2.75, 3.05) is 14.2 Å². The maximum absolute atomic E-state index is 5.94. The van der Waals surface area contributed by atoms with Crippen LogP contribution in [-0.4, -0.2) is 22.8 Å². The summed E-state index contributed by atoms with van der Waals surface area (Å²) < 4.78 is 11.9. The second-order valence-electron chi connectivity index (χ2n) is 8.94. The molecule has 0 aromatic rings. The zero-order chi connectivity index (χ0) is 16.9. The zero-order valence-electron chi connectivity index (χ0n) is 16.3. The molecule has 0 spiro atoms. The van der Waals surface area contributed by atoms with Crippen molar-refractivity contribution in [3.8, 4) is 0 Å². The fraction of sp³-hybridized carbons (Fsp3) is 1.00. The van der Waals surface area contributed by atoms with Crippen LogP contribution >= 0.6 is 0 Å². The molecule has 0 aliphatic heterocycles. The Morgan fingerprint density at radius 2 is 1.43 bits per heavy atom. The molecule has 0 saturated carbocycles. The molecule has 0 fully saturated rings. The summed E-state index contributed by atoms with van der Waals surface area (Å²) >= 11 is 0. The number of hydrogen-bond donors (Lipinski definition) is 0. The zero-order valence-corrected chi connectivity index (χ0v) is 17.3. The second-order valence-corrected chi connectivity index (χ2v) is 12.8. The van der Waals surface area contributed by atoms with E-state index in [0.717, 1.165) is 12.5 Å². The largest absolute Gasteiger partial charge is 0.397 e. The van der Waals surface area contributed by atoms with Crippen LogP contribution in [0.25, 0.3) is 0 Å². The van der Waals surface area contributed by atoms with E-state index in [4.69, 9.17) is 8.85 Å². The van der Waals surface area contributed by atoms with Gasteiger partial charge >= 0.3 is 8.56 Å². The van der Waals surface area contributed by atoms with Crippen LogP contribution in [0.1, 0.15) is 74.7 Å². The van der Waals surface area contributed by atoms with E-state index < -0.39 is 8.56 Å². The first-order chi connectivity index (χ1) is 9.41. The standard InChI is InChI=1S/C18H40O2Si/c1-11-16(3)21(19-9,20-10)13-15(2)12-18(7,8)14-17(4,5)6/h15-16H,11-14H2,1-10H3. The Morgan fingerprint density at radius 1 is 0.952 bits per heavy atom. The molecule has 0 heterocycles. The Bertz CT molecular complexity index is 290. The molecule has 2 nitrogen and oxygen atoms in total. The molecular formula is C18H40O2Si. The lowest BCUT2D eigenvalue weighted by Gasteiger charge is -2.38. The molecule has 0 amide bonds. The van der Waals surface area contributed by atoms with Crippen LogP contribution in [0.3, 0.4) is 0 Å². The van der Waals surface area contributed by atoms with Gasteiger partial charge in [-0.05, 0) is 41.2 Å². The maximum atomic E-state index is 5.94. The highest BCUT2D eigenvalue weighted by Crippen LogP contribution is 2.41. The van der Waals surface area contributed by atoms with Gasteiger partial charge in [-0.1, -0.05) is 61.8 Å². The van der Waals surface area contributed by atoms with Crippen molar-refractivity contribution >= 4 is 8.56 Å². The quantitative estimate of drug-likeness (QED) is 0.485. The summed E-state index contributed by atoms with van der Waals surface area (Å²) in [6, 6.07) is 1.10. The lowest BCUT2D eigenvalue weighted by atomic mass is 9.72. The number of rotatable bonds is 9. The highest BCUT2D eigenvalue weighted by molar-refractivity contribution is 6.68. The molecule has 0 N–H and O–H groups in total. The molecule has 0 rings (SSSR count). The SMILES string of the molecule is CCC(C)[Si](CC(C)CC(C)(C)CC(C)(C)C)(OC)OC. The van der Waals surface area contributed by atoms with E-state index in [0.29, 0.717) is 22.3 Å². The molecule has 0 saturated heterocycles. The molecule has 0 radical (unpaired) electrons. The minimum atomic E-state index is -2.07. The van der Waals surface area contributed by atoms with Gasteiger partial charge in [-0.3, -0.25) is 0 Å². The Labute approximate surface area is 135 Å². The average Bonchev–Trinajstić information content (AvgIpc) is 2.31. The Hall–Kier alpha value is 0.137. The summed E-state index contributed by atoms with van der Waals surface area (Å²) in [5, 5.41) is 0. The normalized spacial score (nSPS) is 16.9. The highest BCUT2D eigenvalue weighted by atomic mass is 28.4. The van der Waals surface area contributed by atoms with Crippen molar-refractivity contribution in [1.29, 1.82) is 0 Å². The topological polar surface area (TPSA) is 18.5 Å². The molecule has 0 bridgehead atoms. The third-order valence-electron chi connectivity index (χ3n) is 4.60. The van der Waals surface area contributed by atoms with E-state index >= 15 is 0 Å². The molecule has 2 unspecified atom stereocenters. The molecule has 128 valence electrons. The van der Waals surface area contributed by atoms with Crippen molar-refractivity contribution in [2.24, 2.45) is 16.7 Å². The molecule has 0 aliphatic carbocycles. The minimum Gasteiger partial charge on any atom is -0.397 e. The molecule has 2 atom stereocenters. The first kappa shape index (κ1) is 21.1. The van der Waals surface area contributed by atoms with Crippen molar-refractivity contribution in [1.82, 2.24) is 0 Å². The summed E-state index contributed by atoms with van der Waals surface area (Å²) in [7, 11) is 1.62. The Morgan fingerprint density at radius 3 is 1.76 bits per heavy atom. The van der Waals surface area contributed by atoms with Gasteiger partial charge in [0.05, 0.1) is 0 Å².